The maximum atomic E-state index is 11.5. The van der Waals surface area contributed by atoms with Gasteiger partial charge in [0.05, 0.1) is 4.75 Å². The van der Waals surface area contributed by atoms with Gasteiger partial charge in [-0.05, 0) is 34.7 Å². The first-order chi connectivity index (χ1) is 14.0. The van der Waals surface area contributed by atoms with Gasteiger partial charge in [0.1, 0.15) is 6.04 Å². The Hall–Kier alpha value is -2.82. The van der Waals surface area contributed by atoms with Gasteiger partial charge in [-0.15, -0.1) is 11.8 Å². The van der Waals surface area contributed by atoms with Gasteiger partial charge in [0.25, 0.3) is 0 Å². The van der Waals surface area contributed by atoms with Crippen LogP contribution in [-0.2, 0) is 9.54 Å². The number of benzene rings is 3. The van der Waals surface area contributed by atoms with Crippen molar-refractivity contribution in [3.63, 3.8) is 0 Å². The van der Waals surface area contributed by atoms with E-state index in [0.29, 0.717) is 5.75 Å². The van der Waals surface area contributed by atoms with Gasteiger partial charge >= 0.3 is 5.97 Å². The zero-order valence-electron chi connectivity index (χ0n) is 16.2. The maximum Gasteiger partial charge on any atom is 0.321 e. The first kappa shape index (κ1) is 19.5. The maximum absolute atomic E-state index is 11.5. The van der Waals surface area contributed by atoms with Gasteiger partial charge in [0, 0.05) is 5.75 Å². The molecule has 0 aromatic heterocycles. The Balaban J connectivity index is 2.03. The zero-order chi connectivity index (χ0) is 20.4. The van der Waals surface area contributed by atoms with Gasteiger partial charge in [-0.3, -0.25) is 4.79 Å². The van der Waals surface area contributed by atoms with Crippen molar-refractivity contribution in [2.24, 2.45) is 5.73 Å². The second kappa shape index (κ2) is 7.90. The van der Waals surface area contributed by atoms with Crippen LogP contribution in [-0.4, -0.2) is 22.9 Å². The number of thioether (sulfide) groups is 1. The first-order valence-corrected chi connectivity index (χ1v) is 10.6. The van der Waals surface area contributed by atoms with E-state index in [9.17, 15) is 9.90 Å². The molecule has 0 bridgehead atoms. The average Bonchev–Trinajstić information content (AvgIpc) is 2.87. The number of nitrogens with two attached hydrogens (primary N) is 1. The van der Waals surface area contributed by atoms with Gasteiger partial charge in [-0.25, -0.2) is 0 Å². The molecule has 146 valence electrons. The topological polar surface area (TPSA) is 63.3 Å². The average molecular weight is 402 g/mol. The zero-order valence-corrected chi connectivity index (χ0v) is 17.0. The summed E-state index contributed by atoms with van der Waals surface area (Å²) in [7, 11) is 0. The van der Waals surface area contributed by atoms with Crippen LogP contribution in [0.15, 0.2) is 72.8 Å². The molecule has 0 heterocycles. The second-order valence-electron chi connectivity index (χ2n) is 7.31. The van der Waals surface area contributed by atoms with Gasteiger partial charge in [0.15, 0.2) is 0 Å². The van der Waals surface area contributed by atoms with Crippen molar-refractivity contribution >= 4 is 29.9 Å². The van der Waals surface area contributed by atoms with Crippen LogP contribution in [0.5, 0.6) is 0 Å². The number of carboxylic acids is 1. The molecule has 0 radical (unpaired) electrons. The summed E-state index contributed by atoms with van der Waals surface area (Å²) in [6, 6.07) is 24.2. The SMILES string of the molecule is Cc1cccc(C2(SCC(N)C(=O)O)c3ccccc3C=Cc3ccccc32)c1. The lowest BCUT2D eigenvalue weighted by atomic mass is 9.81. The van der Waals surface area contributed by atoms with Gasteiger partial charge in [-0.1, -0.05) is 90.5 Å². The third kappa shape index (κ3) is 3.50. The Morgan fingerprint density at radius 1 is 0.966 bits per heavy atom. The molecule has 1 aliphatic rings. The smallest absolute Gasteiger partial charge is 0.321 e. The number of hydrogen-bond acceptors (Lipinski definition) is 3. The number of rotatable bonds is 5. The van der Waals surface area contributed by atoms with Crippen molar-refractivity contribution in [2.45, 2.75) is 17.7 Å². The van der Waals surface area contributed by atoms with Crippen molar-refractivity contribution in [1.29, 1.82) is 0 Å². The molecule has 0 spiro atoms. The Labute approximate surface area is 175 Å². The van der Waals surface area contributed by atoms with Crippen LogP contribution in [0.4, 0.5) is 0 Å². The number of carboxylic acid groups (broad SMARTS) is 1. The van der Waals surface area contributed by atoms with E-state index in [1.54, 1.807) is 11.8 Å². The number of carbonyl (C=O) groups is 1. The lowest BCUT2D eigenvalue weighted by Crippen LogP contribution is -2.36. The highest BCUT2D eigenvalue weighted by molar-refractivity contribution is 8.00. The van der Waals surface area contributed by atoms with Crippen LogP contribution in [0.25, 0.3) is 12.2 Å². The highest BCUT2D eigenvalue weighted by atomic mass is 32.2. The van der Waals surface area contributed by atoms with Crippen LogP contribution < -0.4 is 5.73 Å². The fraction of sp³-hybridized carbons (Fsp3) is 0.160. The Morgan fingerprint density at radius 2 is 1.55 bits per heavy atom. The minimum Gasteiger partial charge on any atom is -0.480 e. The third-order valence-electron chi connectivity index (χ3n) is 5.34. The monoisotopic (exact) mass is 401 g/mol. The quantitative estimate of drug-likeness (QED) is 0.637. The molecule has 4 rings (SSSR count). The van der Waals surface area contributed by atoms with Crippen LogP contribution in [0.1, 0.15) is 33.4 Å². The minimum absolute atomic E-state index is 0.298. The predicted octanol–water partition coefficient (Wildman–Crippen LogP) is 4.92. The predicted molar refractivity (Wildman–Crippen MR) is 121 cm³/mol. The summed E-state index contributed by atoms with van der Waals surface area (Å²) in [5, 5.41) is 9.41. The van der Waals surface area contributed by atoms with Crippen LogP contribution in [0.3, 0.4) is 0 Å². The third-order valence-corrected chi connectivity index (χ3v) is 6.98. The van der Waals surface area contributed by atoms with E-state index in [1.165, 1.54) is 0 Å². The summed E-state index contributed by atoms with van der Waals surface area (Å²) in [5.74, 6) is -0.684. The Morgan fingerprint density at radius 3 is 2.10 bits per heavy atom. The molecule has 0 fully saturated rings. The lowest BCUT2D eigenvalue weighted by Gasteiger charge is -2.37. The molecule has 1 aliphatic carbocycles. The van der Waals surface area contributed by atoms with E-state index in [1.807, 2.05) is 24.3 Å². The molecule has 3 N–H and O–H groups in total. The molecule has 0 amide bonds. The molecule has 1 unspecified atom stereocenters. The summed E-state index contributed by atoms with van der Waals surface area (Å²) in [6.07, 6.45) is 4.28. The molecule has 3 nitrogen and oxygen atoms in total. The van der Waals surface area contributed by atoms with Crippen LogP contribution in [0.2, 0.25) is 0 Å². The summed E-state index contributed by atoms with van der Waals surface area (Å²) in [6.45, 7) is 2.08. The van der Waals surface area contributed by atoms with Gasteiger partial charge in [-0.2, -0.15) is 0 Å². The highest BCUT2D eigenvalue weighted by Gasteiger charge is 2.41. The largest absolute Gasteiger partial charge is 0.480 e. The molecule has 29 heavy (non-hydrogen) atoms. The summed E-state index contributed by atoms with van der Waals surface area (Å²) in [4.78, 5) is 11.5. The first-order valence-electron chi connectivity index (χ1n) is 9.59. The van der Waals surface area contributed by atoms with E-state index in [2.05, 4.69) is 67.6 Å². The van der Waals surface area contributed by atoms with E-state index in [4.69, 9.17) is 5.73 Å². The lowest BCUT2D eigenvalue weighted by molar-refractivity contribution is -0.137. The molecule has 3 aromatic carbocycles. The molecule has 1 atom stereocenters. The second-order valence-corrected chi connectivity index (χ2v) is 8.55. The highest BCUT2D eigenvalue weighted by Crippen LogP contribution is 2.52. The standard InChI is InChI=1S/C25H23NO2S/c1-17-7-6-10-20(15-17)25(29-16-23(26)24(27)28)21-11-4-2-8-18(21)13-14-19-9-3-5-12-22(19)25/h2-15,23H,16,26H2,1H3,(H,27,28). The minimum atomic E-state index is -0.981. The van der Waals surface area contributed by atoms with Crippen molar-refractivity contribution in [1.82, 2.24) is 0 Å². The number of aryl methyl sites for hydroxylation is 1. The molecule has 0 saturated carbocycles. The normalized spacial score (nSPS) is 15.1. The molecule has 0 aliphatic heterocycles. The van der Waals surface area contributed by atoms with Crippen LogP contribution in [0, 0.1) is 6.92 Å². The van der Waals surface area contributed by atoms with E-state index < -0.39 is 16.8 Å². The fourth-order valence-corrected chi connectivity index (χ4v) is 5.50. The Bertz CT molecular complexity index is 1040. The van der Waals surface area contributed by atoms with Gasteiger partial charge < -0.3 is 10.8 Å². The van der Waals surface area contributed by atoms with E-state index >= 15 is 0 Å². The van der Waals surface area contributed by atoms with E-state index in [-0.39, 0.29) is 0 Å². The molecule has 3 aromatic rings. The fourth-order valence-electron chi connectivity index (χ4n) is 3.95. The van der Waals surface area contributed by atoms with Crippen LogP contribution >= 0.6 is 11.8 Å². The molecular weight excluding hydrogens is 378 g/mol. The van der Waals surface area contributed by atoms with Crippen molar-refractivity contribution < 1.29 is 9.90 Å². The number of fused-ring (bicyclic) bond motifs is 2. The van der Waals surface area contributed by atoms with E-state index in [0.717, 1.165) is 33.4 Å². The van der Waals surface area contributed by atoms with Crippen molar-refractivity contribution in [3.8, 4) is 0 Å². The molecule has 4 heteroatoms. The summed E-state index contributed by atoms with van der Waals surface area (Å²) >= 11 is 1.60. The van der Waals surface area contributed by atoms with Gasteiger partial charge in [0.2, 0.25) is 0 Å². The van der Waals surface area contributed by atoms with Crippen molar-refractivity contribution in [3.05, 3.63) is 106 Å². The van der Waals surface area contributed by atoms with Crippen molar-refractivity contribution in [2.75, 3.05) is 5.75 Å². The molecular formula is C25H23NO2S. The molecule has 0 saturated heterocycles. The number of aliphatic carboxylic acids is 1. The number of hydrogen-bond donors (Lipinski definition) is 2. The summed E-state index contributed by atoms with van der Waals surface area (Å²) < 4.78 is -0.560. The Kier molecular flexibility index (Phi) is 5.31. The summed E-state index contributed by atoms with van der Waals surface area (Å²) in [5.41, 5.74) is 12.8.